The van der Waals surface area contributed by atoms with Gasteiger partial charge in [0.15, 0.2) is 11.5 Å². The summed E-state index contributed by atoms with van der Waals surface area (Å²) in [5, 5.41) is 0. The van der Waals surface area contributed by atoms with Crippen molar-refractivity contribution in [3.63, 3.8) is 0 Å². The number of carbonyl (C=O) groups is 2. The lowest BCUT2D eigenvalue weighted by Crippen LogP contribution is -2.32. The van der Waals surface area contributed by atoms with Crippen LogP contribution in [0.15, 0.2) is 78.9 Å². The van der Waals surface area contributed by atoms with Crippen LogP contribution in [0.2, 0.25) is 0 Å². The molecule has 0 fully saturated rings. The molecule has 0 unspecified atom stereocenters. The Labute approximate surface area is 247 Å². The molecule has 1 aliphatic rings. The molecule has 42 heavy (non-hydrogen) atoms. The number of aromatic nitrogens is 1. The van der Waals surface area contributed by atoms with Crippen LogP contribution in [0.3, 0.4) is 0 Å². The molecule has 2 heterocycles. The van der Waals surface area contributed by atoms with Gasteiger partial charge in [-0.25, -0.2) is 0 Å². The normalized spacial score (nSPS) is 12.4. The van der Waals surface area contributed by atoms with Gasteiger partial charge in [0.2, 0.25) is 0 Å². The molecule has 0 spiro atoms. The molecule has 2 amide bonds. The van der Waals surface area contributed by atoms with Crippen molar-refractivity contribution in [2.24, 2.45) is 0 Å². The largest absolute Gasteiger partial charge is 0.492 e. The zero-order valence-electron chi connectivity index (χ0n) is 25.0. The van der Waals surface area contributed by atoms with Gasteiger partial charge in [0.25, 0.3) is 11.8 Å². The molecular formula is C34H38N4O4. The third kappa shape index (κ3) is 5.63. The summed E-state index contributed by atoms with van der Waals surface area (Å²) in [6, 6.07) is 25.3. The highest BCUT2D eigenvalue weighted by molar-refractivity contribution is 6.09. The van der Waals surface area contributed by atoms with Gasteiger partial charge in [0, 0.05) is 30.5 Å². The molecule has 0 saturated carbocycles. The predicted molar refractivity (Wildman–Crippen MR) is 166 cm³/mol. The molecule has 5 rings (SSSR count). The zero-order valence-corrected chi connectivity index (χ0v) is 25.0. The van der Waals surface area contributed by atoms with Crippen molar-refractivity contribution in [1.82, 2.24) is 14.4 Å². The summed E-state index contributed by atoms with van der Waals surface area (Å²) in [5.41, 5.74) is 5.47. The van der Waals surface area contributed by atoms with Crippen molar-refractivity contribution in [2.75, 3.05) is 53.4 Å². The summed E-state index contributed by atoms with van der Waals surface area (Å²) in [5.74, 6) is 0.656. The van der Waals surface area contributed by atoms with Crippen LogP contribution in [0.1, 0.15) is 38.5 Å². The van der Waals surface area contributed by atoms with Crippen molar-refractivity contribution >= 4 is 17.5 Å². The van der Waals surface area contributed by atoms with Gasteiger partial charge < -0.3 is 28.7 Å². The van der Waals surface area contributed by atoms with E-state index in [1.54, 1.807) is 30.1 Å². The molecule has 8 nitrogen and oxygen atoms in total. The number of carbonyl (C=O) groups excluding carboxylic acids is 2. The number of ether oxygens (including phenoxy) is 2. The molecule has 3 aromatic carbocycles. The number of fused-ring (bicyclic) bond motifs is 2. The van der Waals surface area contributed by atoms with E-state index < -0.39 is 0 Å². The van der Waals surface area contributed by atoms with E-state index in [9.17, 15) is 9.59 Å². The maximum atomic E-state index is 14.3. The molecule has 218 valence electrons. The van der Waals surface area contributed by atoms with Crippen LogP contribution in [0.5, 0.6) is 11.5 Å². The van der Waals surface area contributed by atoms with Crippen molar-refractivity contribution in [3.05, 3.63) is 101 Å². The van der Waals surface area contributed by atoms with E-state index in [2.05, 4.69) is 4.90 Å². The highest BCUT2D eigenvalue weighted by Crippen LogP contribution is 2.42. The Kier molecular flexibility index (Phi) is 8.64. The van der Waals surface area contributed by atoms with E-state index >= 15 is 0 Å². The number of methoxy groups -OCH3 is 2. The fraction of sp³-hybridized carbons (Fsp3) is 0.294. The minimum Gasteiger partial charge on any atom is -0.492 e. The van der Waals surface area contributed by atoms with Crippen LogP contribution >= 0.6 is 0 Å². The summed E-state index contributed by atoms with van der Waals surface area (Å²) in [6.07, 6.45) is 0.891. The number of amides is 2. The van der Waals surface area contributed by atoms with Crippen molar-refractivity contribution < 1.29 is 19.1 Å². The second-order valence-electron chi connectivity index (χ2n) is 10.8. The first kappa shape index (κ1) is 29.0. The van der Waals surface area contributed by atoms with Gasteiger partial charge in [-0.2, -0.15) is 0 Å². The second kappa shape index (κ2) is 12.5. The average Bonchev–Trinajstić information content (AvgIpc) is 3.32. The van der Waals surface area contributed by atoms with Crippen molar-refractivity contribution in [2.45, 2.75) is 19.5 Å². The van der Waals surface area contributed by atoms with Crippen molar-refractivity contribution in [3.8, 4) is 22.6 Å². The summed E-state index contributed by atoms with van der Waals surface area (Å²) >= 11 is 0. The molecule has 0 saturated heterocycles. The highest BCUT2D eigenvalue weighted by atomic mass is 16.5. The molecule has 0 N–H and O–H groups in total. The van der Waals surface area contributed by atoms with E-state index in [1.165, 1.54) is 0 Å². The standard InChI is InChI=1S/C34H38N4O4/c1-35(2)20-11-21-36(3)34(40)30-19-16-26-23-38(29-15-10-9-14-25(29)22-37(26)30)33(39)28-18-17-27(24-12-7-6-8-13-24)31(41-4)32(28)42-5/h6-10,12-19H,11,20-23H2,1-5H3. The van der Waals surface area contributed by atoms with E-state index in [0.717, 1.165) is 41.0 Å². The number of benzene rings is 3. The number of rotatable bonds is 9. The van der Waals surface area contributed by atoms with Crippen LogP contribution in [-0.2, 0) is 13.1 Å². The van der Waals surface area contributed by atoms with E-state index in [-0.39, 0.29) is 11.8 Å². The third-order valence-corrected chi connectivity index (χ3v) is 7.75. The quantitative estimate of drug-likeness (QED) is 0.271. The van der Waals surface area contributed by atoms with Crippen LogP contribution in [-0.4, -0.2) is 74.6 Å². The first-order valence-corrected chi connectivity index (χ1v) is 14.1. The molecule has 0 radical (unpaired) electrons. The lowest BCUT2D eigenvalue weighted by molar-refractivity contribution is 0.0780. The van der Waals surface area contributed by atoms with Crippen LogP contribution in [0.25, 0.3) is 11.1 Å². The van der Waals surface area contributed by atoms with Crippen LogP contribution < -0.4 is 14.4 Å². The maximum Gasteiger partial charge on any atom is 0.270 e. The van der Waals surface area contributed by atoms with E-state index in [1.807, 2.05) is 98.5 Å². The van der Waals surface area contributed by atoms with Gasteiger partial charge in [-0.1, -0.05) is 48.5 Å². The summed E-state index contributed by atoms with van der Waals surface area (Å²) in [4.78, 5) is 33.5. The van der Waals surface area contributed by atoms with E-state index in [0.29, 0.717) is 42.4 Å². The lowest BCUT2D eigenvalue weighted by atomic mass is 10.0. The van der Waals surface area contributed by atoms with Gasteiger partial charge in [-0.3, -0.25) is 9.59 Å². The van der Waals surface area contributed by atoms with Gasteiger partial charge in [0.1, 0.15) is 5.69 Å². The highest BCUT2D eigenvalue weighted by Gasteiger charge is 2.31. The Morgan fingerprint density at radius 2 is 1.50 bits per heavy atom. The molecule has 8 heteroatoms. The Morgan fingerprint density at radius 3 is 2.21 bits per heavy atom. The number of anilines is 1. The maximum absolute atomic E-state index is 14.3. The topological polar surface area (TPSA) is 67.2 Å². The number of para-hydroxylation sites is 1. The van der Waals surface area contributed by atoms with Gasteiger partial charge in [0.05, 0.1) is 32.9 Å². The van der Waals surface area contributed by atoms with Gasteiger partial charge in [-0.15, -0.1) is 0 Å². The molecule has 1 aromatic heterocycles. The molecular weight excluding hydrogens is 528 g/mol. The Balaban J connectivity index is 1.51. The SMILES string of the molecule is COc1c(C(=O)N2Cc3ccc(C(=O)N(C)CCCN(C)C)n3Cc3ccccc32)ccc(-c2ccccc2)c1OC. The molecule has 0 aliphatic carbocycles. The summed E-state index contributed by atoms with van der Waals surface area (Å²) < 4.78 is 13.6. The minimum absolute atomic E-state index is 0.0276. The molecule has 0 bridgehead atoms. The zero-order chi connectivity index (χ0) is 29.8. The van der Waals surface area contributed by atoms with Gasteiger partial charge >= 0.3 is 0 Å². The fourth-order valence-corrected chi connectivity index (χ4v) is 5.58. The Morgan fingerprint density at radius 1 is 0.786 bits per heavy atom. The second-order valence-corrected chi connectivity index (χ2v) is 10.8. The lowest BCUT2D eigenvalue weighted by Gasteiger charge is -2.25. The smallest absolute Gasteiger partial charge is 0.270 e. The number of hydrogen-bond acceptors (Lipinski definition) is 5. The number of nitrogens with zero attached hydrogens (tertiary/aromatic N) is 4. The first-order chi connectivity index (χ1) is 20.3. The summed E-state index contributed by atoms with van der Waals surface area (Å²) in [6.45, 7) is 2.37. The molecule has 4 aromatic rings. The fourth-order valence-electron chi connectivity index (χ4n) is 5.58. The summed E-state index contributed by atoms with van der Waals surface area (Å²) in [7, 11) is 9.04. The average molecular weight is 567 g/mol. The Bertz CT molecular complexity index is 1580. The number of hydrogen-bond donors (Lipinski definition) is 0. The minimum atomic E-state index is -0.208. The third-order valence-electron chi connectivity index (χ3n) is 7.75. The molecule has 1 aliphatic heterocycles. The monoisotopic (exact) mass is 566 g/mol. The first-order valence-electron chi connectivity index (χ1n) is 14.1. The predicted octanol–water partition coefficient (Wildman–Crippen LogP) is 5.40. The van der Waals surface area contributed by atoms with Gasteiger partial charge in [-0.05, 0) is 68.5 Å². The van der Waals surface area contributed by atoms with Crippen LogP contribution in [0.4, 0.5) is 5.69 Å². The van der Waals surface area contributed by atoms with Crippen molar-refractivity contribution in [1.29, 1.82) is 0 Å². The van der Waals surface area contributed by atoms with Crippen LogP contribution in [0, 0.1) is 0 Å². The molecule has 0 atom stereocenters. The Hall–Kier alpha value is -4.56. The van der Waals surface area contributed by atoms with E-state index in [4.69, 9.17) is 9.47 Å².